The quantitative estimate of drug-likeness (QED) is 0.182. The molecule has 0 fully saturated rings. The van der Waals surface area contributed by atoms with Gasteiger partial charge in [0, 0.05) is 16.2 Å². The molecule has 0 N–H and O–H groups in total. The molecule has 2 aromatic heterocycles. The van der Waals surface area contributed by atoms with Crippen LogP contribution >= 0.6 is 0 Å². The molecular formula is C44H28O3Si. The highest BCUT2D eigenvalue weighted by Gasteiger charge is 2.48. The van der Waals surface area contributed by atoms with Crippen LogP contribution in [0.2, 0.25) is 0 Å². The number of para-hydroxylation sites is 1. The zero-order chi connectivity index (χ0) is 31.7. The summed E-state index contributed by atoms with van der Waals surface area (Å²) in [6.45, 7) is 0. The molecule has 0 unspecified atom stereocenters. The van der Waals surface area contributed by atoms with Crippen LogP contribution in [-0.2, 0) is 0 Å². The topological polar surface area (TPSA) is 35.5 Å². The monoisotopic (exact) mass is 632 g/mol. The van der Waals surface area contributed by atoms with Crippen LogP contribution in [0.4, 0.5) is 0 Å². The Morgan fingerprint density at radius 3 is 1.62 bits per heavy atom. The molecule has 0 aliphatic carbocycles. The minimum Gasteiger partial charge on any atom is -0.464 e. The van der Waals surface area contributed by atoms with Gasteiger partial charge in [0.15, 0.2) is 8.07 Å². The van der Waals surface area contributed by atoms with E-state index in [2.05, 4.69) is 146 Å². The third kappa shape index (κ3) is 4.00. The Bertz CT molecular complexity index is 2610. The SMILES string of the molecule is c1ccc([Si]2(c3ccccc3)c3cc(-c4ccc5occc5c4)ccc3Oc3ccc(-c4ccc5oc6ccccc6c5c4)cc32)cc1. The van der Waals surface area contributed by atoms with E-state index >= 15 is 0 Å². The molecule has 0 radical (unpaired) electrons. The molecule has 0 amide bonds. The van der Waals surface area contributed by atoms with E-state index in [9.17, 15) is 0 Å². The van der Waals surface area contributed by atoms with Crippen LogP contribution in [-0.4, -0.2) is 8.07 Å². The van der Waals surface area contributed by atoms with Crippen molar-refractivity contribution in [3.63, 3.8) is 0 Å². The first-order valence-corrected chi connectivity index (χ1v) is 18.2. The number of hydrogen-bond donors (Lipinski definition) is 0. The second-order valence-electron chi connectivity index (χ2n) is 12.5. The van der Waals surface area contributed by atoms with Crippen LogP contribution in [0.3, 0.4) is 0 Å². The minimum absolute atomic E-state index is 0.889. The largest absolute Gasteiger partial charge is 0.464 e. The van der Waals surface area contributed by atoms with Crippen molar-refractivity contribution in [3.05, 3.63) is 170 Å². The summed E-state index contributed by atoms with van der Waals surface area (Å²) in [5.41, 5.74) is 7.29. The molecule has 0 saturated carbocycles. The fourth-order valence-electron chi connectivity index (χ4n) is 7.66. The Labute approximate surface area is 278 Å². The Morgan fingerprint density at radius 2 is 0.938 bits per heavy atom. The number of hydrogen-bond acceptors (Lipinski definition) is 3. The predicted molar refractivity (Wildman–Crippen MR) is 198 cm³/mol. The third-order valence-corrected chi connectivity index (χ3v) is 14.7. The van der Waals surface area contributed by atoms with Crippen molar-refractivity contribution < 1.29 is 13.6 Å². The van der Waals surface area contributed by atoms with Gasteiger partial charge in [-0.3, -0.25) is 0 Å². The molecule has 1 aliphatic heterocycles. The normalized spacial score (nSPS) is 13.3. The molecule has 0 atom stereocenters. The maximum absolute atomic E-state index is 6.84. The third-order valence-electron chi connectivity index (χ3n) is 9.90. The average Bonchev–Trinajstić information content (AvgIpc) is 3.78. The van der Waals surface area contributed by atoms with Crippen molar-refractivity contribution in [2.24, 2.45) is 0 Å². The van der Waals surface area contributed by atoms with Crippen molar-refractivity contribution in [1.29, 1.82) is 0 Å². The van der Waals surface area contributed by atoms with E-state index in [0.29, 0.717) is 0 Å². The smallest absolute Gasteiger partial charge is 0.188 e. The first-order valence-electron chi connectivity index (χ1n) is 16.2. The Morgan fingerprint density at radius 1 is 0.396 bits per heavy atom. The highest BCUT2D eigenvalue weighted by molar-refractivity contribution is 7.20. The van der Waals surface area contributed by atoms with E-state index in [1.54, 1.807) is 6.26 Å². The molecule has 0 bridgehead atoms. The lowest BCUT2D eigenvalue weighted by molar-refractivity contribution is 0.487. The van der Waals surface area contributed by atoms with Crippen molar-refractivity contribution in [3.8, 4) is 33.8 Å². The second kappa shape index (κ2) is 10.5. The summed E-state index contributed by atoms with van der Waals surface area (Å²) >= 11 is 0. The van der Waals surface area contributed by atoms with Crippen molar-refractivity contribution >= 4 is 61.7 Å². The summed E-state index contributed by atoms with van der Waals surface area (Å²) < 4.78 is 18.7. The van der Waals surface area contributed by atoms with Crippen molar-refractivity contribution in [1.82, 2.24) is 0 Å². The molecule has 9 aromatic rings. The van der Waals surface area contributed by atoms with Gasteiger partial charge in [-0.2, -0.15) is 0 Å². The number of benzene rings is 7. The van der Waals surface area contributed by atoms with Crippen LogP contribution in [0, 0.1) is 0 Å². The highest BCUT2D eigenvalue weighted by Crippen LogP contribution is 2.36. The molecule has 1 aliphatic rings. The van der Waals surface area contributed by atoms with Gasteiger partial charge in [-0.15, -0.1) is 0 Å². The lowest BCUT2D eigenvalue weighted by Crippen LogP contribution is -2.76. The fourth-order valence-corrected chi connectivity index (χ4v) is 12.7. The van der Waals surface area contributed by atoms with E-state index < -0.39 is 8.07 Å². The highest BCUT2D eigenvalue weighted by atomic mass is 28.3. The van der Waals surface area contributed by atoms with E-state index in [4.69, 9.17) is 13.6 Å². The van der Waals surface area contributed by atoms with E-state index in [1.165, 1.54) is 20.7 Å². The average molecular weight is 633 g/mol. The predicted octanol–water partition coefficient (Wildman–Crippen LogP) is 9.15. The van der Waals surface area contributed by atoms with Gasteiger partial charge < -0.3 is 13.6 Å². The van der Waals surface area contributed by atoms with E-state index in [-0.39, 0.29) is 0 Å². The van der Waals surface area contributed by atoms with Crippen LogP contribution in [0.1, 0.15) is 0 Å². The molecule has 10 rings (SSSR count). The summed E-state index contributed by atoms with van der Waals surface area (Å²) in [5.74, 6) is 1.82. The Kier molecular flexibility index (Phi) is 5.89. The maximum Gasteiger partial charge on any atom is 0.188 e. The van der Waals surface area contributed by atoms with Gasteiger partial charge in [0.05, 0.1) is 6.26 Å². The second-order valence-corrected chi connectivity index (χ2v) is 16.2. The first kappa shape index (κ1) is 27.1. The molecule has 0 saturated heterocycles. The molecule has 4 heteroatoms. The summed E-state index contributed by atoms with van der Waals surface area (Å²) in [4.78, 5) is 0. The zero-order valence-corrected chi connectivity index (χ0v) is 26.9. The lowest BCUT2D eigenvalue weighted by Gasteiger charge is -2.40. The molecule has 48 heavy (non-hydrogen) atoms. The van der Waals surface area contributed by atoms with Crippen LogP contribution in [0.5, 0.6) is 11.5 Å². The number of rotatable bonds is 4. The molecule has 3 nitrogen and oxygen atoms in total. The van der Waals surface area contributed by atoms with Gasteiger partial charge in [-0.25, -0.2) is 0 Å². The van der Waals surface area contributed by atoms with Crippen molar-refractivity contribution in [2.45, 2.75) is 0 Å². The fraction of sp³-hybridized carbons (Fsp3) is 0. The zero-order valence-electron chi connectivity index (χ0n) is 25.9. The van der Waals surface area contributed by atoms with Crippen LogP contribution < -0.4 is 25.5 Å². The maximum atomic E-state index is 6.84. The summed E-state index contributed by atoms with van der Waals surface area (Å²) in [6.07, 6.45) is 1.75. The summed E-state index contributed by atoms with van der Waals surface area (Å²) in [6, 6.07) is 58.8. The summed E-state index contributed by atoms with van der Waals surface area (Å²) in [5, 5.41) is 8.46. The molecular weight excluding hydrogens is 605 g/mol. The molecule has 0 spiro atoms. The van der Waals surface area contributed by atoms with Gasteiger partial charge >= 0.3 is 0 Å². The van der Waals surface area contributed by atoms with Gasteiger partial charge in [-0.1, -0.05) is 115 Å². The minimum atomic E-state index is -2.89. The lowest BCUT2D eigenvalue weighted by atomic mass is 10.0. The summed E-state index contributed by atoms with van der Waals surface area (Å²) in [7, 11) is -2.89. The van der Waals surface area contributed by atoms with Gasteiger partial charge in [0.1, 0.15) is 28.2 Å². The van der Waals surface area contributed by atoms with Crippen LogP contribution in [0.25, 0.3) is 55.2 Å². The number of ether oxygens (including phenoxy) is 1. The standard InChI is InChI=1S/C44H28O3Si/c1-3-9-34(10-4-1)48(35-11-5-2-6-12-35)43-27-31(29-15-19-38-33(25-29)23-24-45-38)17-21-41(43)47-42-22-18-32(28-44(42)48)30-16-20-40-37(26-30)36-13-7-8-14-39(36)46-40/h1-28H. The van der Waals surface area contributed by atoms with Crippen LogP contribution in [0.15, 0.2) is 179 Å². The van der Waals surface area contributed by atoms with Crippen molar-refractivity contribution in [2.75, 3.05) is 0 Å². The molecule has 226 valence electrons. The van der Waals surface area contributed by atoms with Gasteiger partial charge in [0.2, 0.25) is 0 Å². The first-order chi connectivity index (χ1) is 23.8. The Balaban J connectivity index is 1.24. The number of furan rings is 2. The van der Waals surface area contributed by atoms with E-state index in [1.807, 2.05) is 18.2 Å². The Hall–Kier alpha value is -6.10. The van der Waals surface area contributed by atoms with Gasteiger partial charge in [-0.05, 0) is 91.5 Å². The molecule has 3 heterocycles. The van der Waals surface area contributed by atoms with Gasteiger partial charge in [0.25, 0.3) is 0 Å². The van der Waals surface area contributed by atoms with E-state index in [0.717, 1.165) is 66.7 Å². The molecule has 7 aromatic carbocycles. The number of fused-ring (bicyclic) bond motifs is 6.